The lowest BCUT2D eigenvalue weighted by Gasteiger charge is -2.26. The quantitative estimate of drug-likeness (QED) is 0.704. The average molecular weight is 401 g/mol. The van der Waals surface area contributed by atoms with E-state index in [1.54, 1.807) is 40.0 Å². The maximum Gasteiger partial charge on any atom is 0.326 e. The van der Waals surface area contributed by atoms with E-state index in [1.165, 1.54) is 0 Å². The molecule has 2 aromatic heterocycles. The van der Waals surface area contributed by atoms with E-state index >= 15 is 0 Å². The van der Waals surface area contributed by atoms with Gasteiger partial charge in [0.2, 0.25) is 0 Å². The van der Waals surface area contributed by atoms with Crippen molar-refractivity contribution in [2.24, 2.45) is 0 Å². The first-order chi connectivity index (χ1) is 13.4. The lowest BCUT2D eigenvalue weighted by molar-refractivity contribution is 0.0785. The summed E-state index contributed by atoms with van der Waals surface area (Å²) in [6, 6.07) is 5.45. The SMILES string of the molecule is Cc1csc(CN(C)C(=O)c2ccc3c(c2)[nH]c(=O)n3C2CCC(O)CC2)n1. The molecule has 0 saturated heterocycles. The van der Waals surface area contributed by atoms with Gasteiger partial charge in [-0.1, -0.05) is 0 Å². The van der Waals surface area contributed by atoms with Crippen LogP contribution in [0.1, 0.15) is 52.8 Å². The van der Waals surface area contributed by atoms with Crippen LogP contribution in [-0.2, 0) is 6.54 Å². The molecule has 148 valence electrons. The number of hydrogen-bond donors (Lipinski definition) is 2. The number of nitrogens with one attached hydrogen (secondary N) is 1. The Labute approximate surface area is 166 Å². The number of aliphatic hydroxyl groups excluding tert-OH is 1. The third-order valence-electron chi connectivity index (χ3n) is 5.38. The molecule has 4 rings (SSSR count). The van der Waals surface area contributed by atoms with Crippen LogP contribution in [0.2, 0.25) is 0 Å². The minimum atomic E-state index is -0.265. The second-order valence-corrected chi connectivity index (χ2v) is 8.48. The highest BCUT2D eigenvalue weighted by Gasteiger charge is 2.24. The lowest BCUT2D eigenvalue weighted by atomic mass is 9.93. The predicted octanol–water partition coefficient (Wildman–Crippen LogP) is 2.84. The zero-order valence-electron chi connectivity index (χ0n) is 16.0. The van der Waals surface area contributed by atoms with E-state index in [-0.39, 0.29) is 23.7 Å². The second-order valence-electron chi connectivity index (χ2n) is 7.54. The van der Waals surface area contributed by atoms with Gasteiger partial charge in [-0.3, -0.25) is 9.36 Å². The van der Waals surface area contributed by atoms with Gasteiger partial charge in [-0.2, -0.15) is 0 Å². The maximum absolute atomic E-state index is 12.8. The second kappa shape index (κ2) is 7.52. The largest absolute Gasteiger partial charge is 0.393 e. The molecular weight excluding hydrogens is 376 g/mol. The van der Waals surface area contributed by atoms with Crippen molar-refractivity contribution in [1.82, 2.24) is 19.4 Å². The monoisotopic (exact) mass is 400 g/mol. The number of benzene rings is 1. The zero-order valence-corrected chi connectivity index (χ0v) is 16.8. The normalized spacial score (nSPS) is 19.8. The van der Waals surface area contributed by atoms with Gasteiger partial charge in [-0.05, 0) is 50.8 Å². The van der Waals surface area contributed by atoms with Gasteiger partial charge in [0.25, 0.3) is 5.91 Å². The number of hydrogen-bond acceptors (Lipinski definition) is 5. The molecule has 0 atom stereocenters. The summed E-state index contributed by atoms with van der Waals surface area (Å²) in [7, 11) is 1.75. The molecule has 0 radical (unpaired) electrons. The molecule has 1 aliphatic rings. The standard InChI is InChI=1S/C20H24N4O3S/c1-12-11-28-18(21-12)10-23(2)19(26)13-3-8-17-16(9-13)22-20(27)24(17)14-4-6-15(25)7-5-14/h3,8-9,11,14-15,25H,4-7,10H2,1-2H3,(H,22,27). The van der Waals surface area contributed by atoms with Gasteiger partial charge in [-0.15, -0.1) is 11.3 Å². The number of carbonyl (C=O) groups is 1. The average Bonchev–Trinajstić information content (AvgIpc) is 3.23. The van der Waals surface area contributed by atoms with Crippen molar-refractivity contribution in [1.29, 1.82) is 0 Å². The number of fused-ring (bicyclic) bond motifs is 1. The molecule has 8 heteroatoms. The van der Waals surface area contributed by atoms with Crippen LogP contribution < -0.4 is 5.69 Å². The molecule has 0 aliphatic heterocycles. The minimum absolute atomic E-state index is 0.0852. The molecule has 2 N–H and O–H groups in total. The summed E-state index contributed by atoms with van der Waals surface area (Å²) >= 11 is 1.54. The molecule has 1 aromatic carbocycles. The molecule has 0 bridgehead atoms. The molecule has 0 unspecified atom stereocenters. The Morgan fingerprint density at radius 3 is 2.79 bits per heavy atom. The fourth-order valence-electron chi connectivity index (χ4n) is 3.91. The molecule has 0 spiro atoms. The van der Waals surface area contributed by atoms with Crippen molar-refractivity contribution < 1.29 is 9.90 Å². The molecule has 3 aromatic rings. The molecule has 28 heavy (non-hydrogen) atoms. The summed E-state index contributed by atoms with van der Waals surface area (Å²) in [5, 5.41) is 12.6. The molecule has 1 saturated carbocycles. The summed E-state index contributed by atoms with van der Waals surface area (Å²) in [6.45, 7) is 2.39. The van der Waals surface area contributed by atoms with E-state index in [2.05, 4.69) is 9.97 Å². The number of rotatable bonds is 4. The lowest BCUT2D eigenvalue weighted by Crippen LogP contribution is -2.27. The Kier molecular flexibility index (Phi) is 5.07. The van der Waals surface area contributed by atoms with Gasteiger partial charge in [-0.25, -0.2) is 9.78 Å². The van der Waals surface area contributed by atoms with Crippen LogP contribution in [-0.4, -0.2) is 43.6 Å². The number of nitrogens with zero attached hydrogens (tertiary/aromatic N) is 3. The van der Waals surface area contributed by atoms with Gasteiger partial charge in [0.1, 0.15) is 5.01 Å². The van der Waals surface area contributed by atoms with Crippen LogP contribution in [0.3, 0.4) is 0 Å². The third kappa shape index (κ3) is 3.62. The minimum Gasteiger partial charge on any atom is -0.393 e. The maximum atomic E-state index is 12.8. The van der Waals surface area contributed by atoms with Crippen molar-refractivity contribution in [3.63, 3.8) is 0 Å². The van der Waals surface area contributed by atoms with Crippen LogP contribution in [0.5, 0.6) is 0 Å². The fourth-order valence-corrected chi connectivity index (χ4v) is 4.74. The van der Waals surface area contributed by atoms with Gasteiger partial charge in [0, 0.05) is 29.7 Å². The molecular formula is C20H24N4O3S. The van der Waals surface area contributed by atoms with E-state index in [9.17, 15) is 14.7 Å². The molecule has 1 aliphatic carbocycles. The number of thiazole rings is 1. The number of aromatic nitrogens is 3. The van der Waals surface area contributed by atoms with E-state index in [4.69, 9.17) is 0 Å². The smallest absolute Gasteiger partial charge is 0.326 e. The summed E-state index contributed by atoms with van der Waals surface area (Å²) < 4.78 is 1.78. The van der Waals surface area contributed by atoms with Crippen molar-refractivity contribution in [3.05, 3.63) is 50.3 Å². The Bertz CT molecular complexity index is 1060. The summed E-state index contributed by atoms with van der Waals surface area (Å²) in [5.41, 5.74) is 2.81. The summed E-state index contributed by atoms with van der Waals surface area (Å²) in [4.78, 5) is 34.3. The van der Waals surface area contributed by atoms with Crippen molar-refractivity contribution in [2.75, 3.05) is 7.05 Å². The molecule has 2 heterocycles. The van der Waals surface area contributed by atoms with Gasteiger partial charge in [0.05, 0.1) is 23.7 Å². The van der Waals surface area contributed by atoms with Gasteiger partial charge >= 0.3 is 5.69 Å². The van der Waals surface area contributed by atoms with Gasteiger partial charge < -0.3 is 15.0 Å². The summed E-state index contributed by atoms with van der Waals surface area (Å²) in [6.07, 6.45) is 2.72. The highest BCUT2D eigenvalue weighted by atomic mass is 32.1. The Balaban J connectivity index is 1.58. The van der Waals surface area contributed by atoms with Crippen molar-refractivity contribution in [3.8, 4) is 0 Å². The van der Waals surface area contributed by atoms with E-state index in [0.29, 0.717) is 30.5 Å². The zero-order chi connectivity index (χ0) is 19.8. The topological polar surface area (TPSA) is 91.2 Å². The number of imidazole rings is 1. The van der Waals surface area contributed by atoms with E-state index in [0.717, 1.165) is 29.1 Å². The van der Waals surface area contributed by atoms with Crippen LogP contribution in [0.25, 0.3) is 11.0 Å². The predicted molar refractivity (Wildman–Crippen MR) is 109 cm³/mol. The third-order valence-corrected chi connectivity index (χ3v) is 6.33. The van der Waals surface area contributed by atoms with E-state index in [1.807, 2.05) is 18.4 Å². The summed E-state index contributed by atoms with van der Waals surface area (Å²) in [5.74, 6) is -0.107. The highest BCUT2D eigenvalue weighted by Crippen LogP contribution is 2.30. The Morgan fingerprint density at radius 1 is 1.36 bits per heavy atom. The van der Waals surface area contributed by atoms with Crippen LogP contribution in [0.15, 0.2) is 28.4 Å². The van der Waals surface area contributed by atoms with Crippen LogP contribution in [0, 0.1) is 6.92 Å². The van der Waals surface area contributed by atoms with Crippen molar-refractivity contribution in [2.45, 2.75) is 51.3 Å². The van der Waals surface area contributed by atoms with Gasteiger partial charge in [0.15, 0.2) is 0 Å². The highest BCUT2D eigenvalue weighted by molar-refractivity contribution is 7.09. The van der Waals surface area contributed by atoms with Crippen LogP contribution >= 0.6 is 11.3 Å². The Hall–Kier alpha value is -2.45. The first-order valence-electron chi connectivity index (χ1n) is 9.51. The first kappa shape index (κ1) is 18.9. The number of aryl methyl sites for hydroxylation is 1. The fraction of sp³-hybridized carbons (Fsp3) is 0.450. The molecule has 1 fully saturated rings. The first-order valence-corrected chi connectivity index (χ1v) is 10.4. The number of H-pyrrole nitrogens is 1. The number of amides is 1. The van der Waals surface area contributed by atoms with Crippen molar-refractivity contribution >= 4 is 28.3 Å². The Morgan fingerprint density at radius 2 is 2.11 bits per heavy atom. The number of aliphatic hydroxyl groups is 1. The van der Waals surface area contributed by atoms with Crippen LogP contribution in [0.4, 0.5) is 0 Å². The van der Waals surface area contributed by atoms with E-state index < -0.39 is 0 Å². The number of carbonyl (C=O) groups excluding carboxylic acids is 1. The number of aromatic amines is 1. The molecule has 7 nitrogen and oxygen atoms in total. The molecule has 1 amide bonds.